The molecule has 0 saturated heterocycles. The maximum atomic E-state index is 12.9. The molecule has 0 amide bonds. The summed E-state index contributed by atoms with van der Waals surface area (Å²) in [4.78, 5) is 12.9. The summed E-state index contributed by atoms with van der Waals surface area (Å²) >= 11 is 0. The molecule has 1 aliphatic carbocycles. The van der Waals surface area contributed by atoms with E-state index in [-0.39, 0.29) is 11.7 Å². The van der Waals surface area contributed by atoms with E-state index < -0.39 is 5.41 Å². The molecule has 1 atom stereocenters. The number of carbonyl (C=O) groups is 1. The lowest BCUT2D eigenvalue weighted by molar-refractivity contribution is -0.124. The van der Waals surface area contributed by atoms with Gasteiger partial charge in [-0.2, -0.15) is 0 Å². The van der Waals surface area contributed by atoms with Crippen LogP contribution in [0.25, 0.3) is 6.08 Å². The molecule has 3 rings (SSSR count). The highest BCUT2D eigenvalue weighted by molar-refractivity contribution is 5.98. The van der Waals surface area contributed by atoms with Crippen molar-refractivity contribution in [3.8, 4) is 11.8 Å². The lowest BCUT2D eigenvalue weighted by atomic mass is 9.70. The van der Waals surface area contributed by atoms with Crippen LogP contribution in [0.2, 0.25) is 0 Å². The highest BCUT2D eigenvalue weighted by Gasteiger charge is 2.34. The van der Waals surface area contributed by atoms with Crippen molar-refractivity contribution in [3.63, 3.8) is 0 Å². The molecular formula is C26H26O. The Morgan fingerprint density at radius 3 is 2.37 bits per heavy atom. The summed E-state index contributed by atoms with van der Waals surface area (Å²) in [5, 5.41) is 0. The molecule has 0 aromatic heterocycles. The highest BCUT2D eigenvalue weighted by Crippen LogP contribution is 2.37. The maximum Gasteiger partial charge on any atom is 0.161 e. The third-order valence-corrected chi connectivity index (χ3v) is 5.29. The minimum atomic E-state index is -0.425. The number of carbonyl (C=O) groups excluding carboxylic acids is 1. The summed E-state index contributed by atoms with van der Waals surface area (Å²) in [6, 6.07) is 20.0. The van der Waals surface area contributed by atoms with Crippen molar-refractivity contribution in [1.82, 2.24) is 0 Å². The second kappa shape index (κ2) is 8.69. The first-order valence-corrected chi connectivity index (χ1v) is 9.61. The fourth-order valence-corrected chi connectivity index (χ4v) is 3.40. The van der Waals surface area contributed by atoms with E-state index in [1.54, 1.807) is 6.08 Å². The zero-order valence-electron chi connectivity index (χ0n) is 16.1. The van der Waals surface area contributed by atoms with Gasteiger partial charge in [0.1, 0.15) is 0 Å². The third kappa shape index (κ3) is 5.08. The van der Waals surface area contributed by atoms with Gasteiger partial charge < -0.3 is 0 Å². The van der Waals surface area contributed by atoms with Gasteiger partial charge in [-0.3, -0.25) is 4.79 Å². The Balaban J connectivity index is 1.74. The topological polar surface area (TPSA) is 17.1 Å². The molecule has 2 aromatic rings. The van der Waals surface area contributed by atoms with Crippen LogP contribution in [-0.4, -0.2) is 5.78 Å². The van der Waals surface area contributed by atoms with Gasteiger partial charge in [-0.1, -0.05) is 86.4 Å². The highest BCUT2D eigenvalue weighted by atomic mass is 16.1. The number of hydrogen-bond acceptors (Lipinski definition) is 1. The van der Waals surface area contributed by atoms with Crippen LogP contribution in [0.5, 0.6) is 0 Å². The normalized spacial score (nSPS) is 17.1. The molecule has 0 aliphatic heterocycles. The van der Waals surface area contributed by atoms with E-state index in [1.165, 1.54) is 0 Å². The molecule has 0 bridgehead atoms. The molecule has 0 heterocycles. The van der Waals surface area contributed by atoms with E-state index in [9.17, 15) is 4.79 Å². The molecule has 0 N–H and O–H groups in total. The third-order valence-electron chi connectivity index (χ3n) is 5.29. The molecule has 0 spiro atoms. The van der Waals surface area contributed by atoms with Crippen molar-refractivity contribution < 1.29 is 4.79 Å². The quantitative estimate of drug-likeness (QED) is 0.481. The van der Waals surface area contributed by atoms with E-state index in [0.29, 0.717) is 0 Å². The zero-order chi connectivity index (χ0) is 19.1. The summed E-state index contributed by atoms with van der Waals surface area (Å²) < 4.78 is 0. The average molecular weight is 354 g/mol. The van der Waals surface area contributed by atoms with E-state index in [0.717, 1.165) is 36.0 Å². The number of ketones is 1. The molecule has 0 saturated carbocycles. The molecule has 136 valence electrons. The Labute approximate surface area is 162 Å². The first-order valence-electron chi connectivity index (χ1n) is 9.61. The SMILES string of the molecule is CC(C)(C(=O)/C=C/c1ccccc1)C1C=C(C#Cc2ccccc2)CCC1. The minimum Gasteiger partial charge on any atom is -0.294 e. The summed E-state index contributed by atoms with van der Waals surface area (Å²) in [6.07, 6.45) is 8.99. The number of hydrogen-bond donors (Lipinski definition) is 0. The van der Waals surface area contributed by atoms with E-state index in [2.05, 4.69) is 31.8 Å². The van der Waals surface area contributed by atoms with Gasteiger partial charge in [0.2, 0.25) is 0 Å². The molecule has 1 heteroatoms. The Morgan fingerprint density at radius 2 is 1.67 bits per heavy atom. The van der Waals surface area contributed by atoms with Crippen LogP contribution in [0.3, 0.4) is 0 Å². The van der Waals surface area contributed by atoms with Crippen LogP contribution in [0, 0.1) is 23.2 Å². The molecule has 1 aliphatic rings. The lowest BCUT2D eigenvalue weighted by Gasteiger charge is -2.32. The van der Waals surface area contributed by atoms with E-state index in [4.69, 9.17) is 0 Å². The fourth-order valence-electron chi connectivity index (χ4n) is 3.40. The molecule has 1 nitrogen and oxygen atoms in total. The standard InChI is InChI=1S/C26H26O/c1-26(2,25(27)19-18-22-12-7-4-8-13-22)24-15-9-14-23(20-24)17-16-21-10-5-3-6-11-21/h3-8,10-13,18-20,24H,9,14-15H2,1-2H3/b19-18+. The minimum absolute atomic E-state index is 0.171. The second-order valence-corrected chi connectivity index (χ2v) is 7.64. The molecular weight excluding hydrogens is 328 g/mol. The largest absolute Gasteiger partial charge is 0.294 e. The van der Waals surface area contributed by atoms with Crippen LogP contribution in [0.1, 0.15) is 44.2 Å². The predicted octanol–water partition coefficient (Wildman–Crippen LogP) is 6.07. The smallest absolute Gasteiger partial charge is 0.161 e. The van der Waals surface area contributed by atoms with Gasteiger partial charge in [0, 0.05) is 11.0 Å². The summed E-state index contributed by atoms with van der Waals surface area (Å²) in [6.45, 7) is 4.11. The Hall–Kier alpha value is -2.85. The molecule has 2 aromatic carbocycles. The molecule has 1 unspecified atom stereocenters. The van der Waals surface area contributed by atoms with Gasteiger partial charge in [-0.25, -0.2) is 0 Å². The van der Waals surface area contributed by atoms with Crippen LogP contribution >= 0.6 is 0 Å². The lowest BCUT2D eigenvalue weighted by Crippen LogP contribution is -2.32. The average Bonchev–Trinajstić information content (AvgIpc) is 2.72. The summed E-state index contributed by atoms with van der Waals surface area (Å²) in [5.41, 5.74) is 2.81. The Bertz CT molecular complexity index is 889. The summed E-state index contributed by atoms with van der Waals surface area (Å²) in [7, 11) is 0. The van der Waals surface area contributed by atoms with Crippen molar-refractivity contribution in [2.24, 2.45) is 11.3 Å². The zero-order valence-corrected chi connectivity index (χ0v) is 16.1. The van der Waals surface area contributed by atoms with Crippen LogP contribution in [0.4, 0.5) is 0 Å². The van der Waals surface area contributed by atoms with Crippen molar-refractivity contribution in [2.75, 3.05) is 0 Å². The van der Waals surface area contributed by atoms with E-state index in [1.807, 2.05) is 66.7 Å². The first kappa shape index (κ1) is 18.9. The van der Waals surface area contributed by atoms with E-state index >= 15 is 0 Å². The van der Waals surface area contributed by atoms with Crippen molar-refractivity contribution in [1.29, 1.82) is 0 Å². The fraction of sp³-hybridized carbons (Fsp3) is 0.269. The number of rotatable bonds is 4. The van der Waals surface area contributed by atoms with Crippen molar-refractivity contribution in [2.45, 2.75) is 33.1 Å². The molecule has 0 radical (unpaired) electrons. The molecule has 27 heavy (non-hydrogen) atoms. The monoisotopic (exact) mass is 354 g/mol. The predicted molar refractivity (Wildman–Crippen MR) is 113 cm³/mol. The van der Waals surface area contributed by atoms with Gasteiger partial charge in [-0.05, 0) is 54.5 Å². The van der Waals surface area contributed by atoms with Gasteiger partial charge in [0.25, 0.3) is 0 Å². The molecule has 0 fully saturated rings. The van der Waals surface area contributed by atoms with Crippen molar-refractivity contribution in [3.05, 3.63) is 89.5 Å². The Kier molecular flexibility index (Phi) is 6.09. The van der Waals surface area contributed by atoms with Gasteiger partial charge in [0.05, 0.1) is 0 Å². The summed E-state index contributed by atoms with van der Waals surface area (Å²) in [5.74, 6) is 6.96. The number of benzene rings is 2. The van der Waals surface area contributed by atoms with Crippen molar-refractivity contribution >= 4 is 11.9 Å². The number of allylic oxidation sites excluding steroid dienone is 3. The van der Waals surface area contributed by atoms with Crippen LogP contribution in [0.15, 0.2) is 78.4 Å². The first-order chi connectivity index (χ1) is 13.1. The Morgan fingerprint density at radius 1 is 1.00 bits per heavy atom. The maximum absolute atomic E-state index is 12.9. The van der Waals surface area contributed by atoms with Gasteiger partial charge >= 0.3 is 0 Å². The second-order valence-electron chi connectivity index (χ2n) is 7.64. The van der Waals surface area contributed by atoms with Gasteiger partial charge in [0.15, 0.2) is 5.78 Å². The van der Waals surface area contributed by atoms with Crippen LogP contribution < -0.4 is 0 Å². The van der Waals surface area contributed by atoms with Crippen LogP contribution in [-0.2, 0) is 4.79 Å². The van der Waals surface area contributed by atoms with Gasteiger partial charge in [-0.15, -0.1) is 0 Å².